The van der Waals surface area contributed by atoms with E-state index in [0.29, 0.717) is 11.7 Å². The highest BCUT2D eigenvalue weighted by atomic mass is 32.2. The van der Waals surface area contributed by atoms with Gasteiger partial charge in [0.25, 0.3) is 0 Å². The standard InChI is InChI=1S/C15H16F2N4OS/c1-4-7-21-10(3)19-20-15(21)23-9(2)14(22)18-11-5-6-12(16)13(17)8-11/h4-6,8-9H,1,7H2,2-3H3,(H,18,22). The van der Waals surface area contributed by atoms with Crippen molar-refractivity contribution in [3.8, 4) is 0 Å². The molecule has 1 amide bonds. The highest BCUT2D eigenvalue weighted by Crippen LogP contribution is 2.23. The van der Waals surface area contributed by atoms with Crippen molar-refractivity contribution in [3.63, 3.8) is 0 Å². The van der Waals surface area contributed by atoms with E-state index in [9.17, 15) is 13.6 Å². The van der Waals surface area contributed by atoms with Gasteiger partial charge in [-0.2, -0.15) is 0 Å². The van der Waals surface area contributed by atoms with Crippen LogP contribution in [0.25, 0.3) is 0 Å². The number of nitrogens with one attached hydrogen (secondary N) is 1. The lowest BCUT2D eigenvalue weighted by Crippen LogP contribution is -2.23. The second kappa shape index (κ2) is 7.36. The summed E-state index contributed by atoms with van der Waals surface area (Å²) in [5, 5.41) is 10.6. The SMILES string of the molecule is C=CCn1c(C)nnc1SC(C)C(=O)Nc1ccc(F)c(F)c1. The van der Waals surface area contributed by atoms with Crippen LogP contribution in [-0.4, -0.2) is 25.9 Å². The van der Waals surface area contributed by atoms with Gasteiger partial charge in [0.2, 0.25) is 5.91 Å². The first-order chi connectivity index (χ1) is 10.9. The Morgan fingerprint density at radius 3 is 2.83 bits per heavy atom. The molecule has 0 saturated heterocycles. The summed E-state index contributed by atoms with van der Waals surface area (Å²) in [6, 6.07) is 3.21. The molecule has 122 valence electrons. The van der Waals surface area contributed by atoms with Crippen LogP contribution in [0, 0.1) is 18.6 Å². The number of carbonyl (C=O) groups is 1. The summed E-state index contributed by atoms with van der Waals surface area (Å²) in [5.41, 5.74) is 0.199. The van der Waals surface area contributed by atoms with Gasteiger partial charge in [-0.05, 0) is 26.0 Å². The zero-order valence-corrected chi connectivity index (χ0v) is 13.5. The van der Waals surface area contributed by atoms with Crippen molar-refractivity contribution in [3.05, 3.63) is 48.3 Å². The number of aryl methyl sites for hydroxylation is 1. The molecule has 0 aliphatic heterocycles. The fourth-order valence-corrected chi connectivity index (χ4v) is 2.72. The summed E-state index contributed by atoms with van der Waals surface area (Å²) in [4.78, 5) is 12.2. The summed E-state index contributed by atoms with van der Waals surface area (Å²) in [6.45, 7) is 7.72. The second-order valence-electron chi connectivity index (χ2n) is 4.81. The molecular weight excluding hydrogens is 322 g/mol. The number of carbonyl (C=O) groups excluding carboxylic acids is 1. The van der Waals surface area contributed by atoms with Crippen LogP contribution < -0.4 is 5.32 Å². The van der Waals surface area contributed by atoms with Crippen LogP contribution in [0.4, 0.5) is 14.5 Å². The Kier molecular flexibility index (Phi) is 5.49. The first-order valence-electron chi connectivity index (χ1n) is 6.85. The van der Waals surface area contributed by atoms with Crippen molar-refractivity contribution < 1.29 is 13.6 Å². The maximum atomic E-state index is 13.2. The quantitative estimate of drug-likeness (QED) is 0.649. The number of nitrogens with zero attached hydrogens (tertiary/aromatic N) is 3. The summed E-state index contributed by atoms with van der Waals surface area (Å²) in [5.74, 6) is -1.59. The highest BCUT2D eigenvalue weighted by Gasteiger charge is 2.19. The third-order valence-corrected chi connectivity index (χ3v) is 4.13. The molecule has 1 unspecified atom stereocenters. The van der Waals surface area contributed by atoms with Gasteiger partial charge in [0.15, 0.2) is 16.8 Å². The number of hydrogen-bond acceptors (Lipinski definition) is 4. The van der Waals surface area contributed by atoms with Gasteiger partial charge >= 0.3 is 0 Å². The van der Waals surface area contributed by atoms with Crippen LogP contribution in [0.2, 0.25) is 0 Å². The summed E-state index contributed by atoms with van der Waals surface area (Å²) < 4.78 is 27.9. The number of thioether (sulfide) groups is 1. The van der Waals surface area contributed by atoms with E-state index in [2.05, 4.69) is 22.1 Å². The molecule has 1 heterocycles. The molecule has 1 aromatic carbocycles. The molecule has 0 aliphatic carbocycles. The van der Waals surface area contributed by atoms with Crippen molar-refractivity contribution >= 4 is 23.4 Å². The van der Waals surface area contributed by atoms with Gasteiger partial charge in [0, 0.05) is 18.3 Å². The predicted molar refractivity (Wildman–Crippen MR) is 85.3 cm³/mol. The lowest BCUT2D eigenvalue weighted by Gasteiger charge is -2.12. The Balaban J connectivity index is 2.05. The number of anilines is 1. The number of halogens is 2. The van der Waals surface area contributed by atoms with E-state index in [1.54, 1.807) is 13.0 Å². The molecule has 23 heavy (non-hydrogen) atoms. The molecule has 0 aliphatic rings. The maximum absolute atomic E-state index is 13.2. The van der Waals surface area contributed by atoms with Crippen LogP contribution >= 0.6 is 11.8 Å². The minimum Gasteiger partial charge on any atom is -0.325 e. The molecule has 0 radical (unpaired) electrons. The van der Waals surface area contributed by atoms with E-state index in [1.165, 1.54) is 17.8 Å². The number of rotatable bonds is 6. The molecule has 2 aromatic rings. The number of allylic oxidation sites excluding steroid dienone is 1. The van der Waals surface area contributed by atoms with Crippen LogP contribution in [0.5, 0.6) is 0 Å². The highest BCUT2D eigenvalue weighted by molar-refractivity contribution is 8.00. The monoisotopic (exact) mass is 338 g/mol. The molecule has 2 rings (SSSR count). The first kappa shape index (κ1) is 17.1. The molecule has 0 fully saturated rings. The van der Waals surface area contributed by atoms with Gasteiger partial charge in [0.1, 0.15) is 5.82 Å². The molecule has 0 saturated carbocycles. The zero-order chi connectivity index (χ0) is 17.0. The number of hydrogen-bond donors (Lipinski definition) is 1. The lowest BCUT2D eigenvalue weighted by molar-refractivity contribution is -0.115. The Morgan fingerprint density at radius 2 is 2.17 bits per heavy atom. The van der Waals surface area contributed by atoms with Gasteiger partial charge in [0.05, 0.1) is 5.25 Å². The normalized spacial score (nSPS) is 12.0. The third kappa shape index (κ3) is 4.16. The second-order valence-corrected chi connectivity index (χ2v) is 6.12. The summed E-state index contributed by atoms with van der Waals surface area (Å²) in [7, 11) is 0. The van der Waals surface area contributed by atoms with Gasteiger partial charge in [-0.1, -0.05) is 17.8 Å². The summed E-state index contributed by atoms with van der Waals surface area (Å²) in [6.07, 6.45) is 1.71. The van der Waals surface area contributed by atoms with Gasteiger partial charge in [-0.25, -0.2) is 8.78 Å². The first-order valence-corrected chi connectivity index (χ1v) is 7.73. The Morgan fingerprint density at radius 1 is 1.43 bits per heavy atom. The molecule has 1 atom stereocenters. The number of benzene rings is 1. The largest absolute Gasteiger partial charge is 0.325 e. The number of aromatic nitrogens is 3. The average molecular weight is 338 g/mol. The fraction of sp³-hybridized carbons (Fsp3) is 0.267. The van der Waals surface area contributed by atoms with Crippen LogP contribution in [0.15, 0.2) is 36.0 Å². The lowest BCUT2D eigenvalue weighted by atomic mass is 10.3. The van der Waals surface area contributed by atoms with Crippen molar-refractivity contribution in [1.82, 2.24) is 14.8 Å². The minimum atomic E-state index is -1.01. The smallest absolute Gasteiger partial charge is 0.237 e. The van der Waals surface area contributed by atoms with Gasteiger partial charge < -0.3 is 9.88 Å². The Hall–Kier alpha value is -2.22. The van der Waals surface area contributed by atoms with Gasteiger partial charge in [-0.3, -0.25) is 4.79 Å². The van der Waals surface area contributed by atoms with Gasteiger partial charge in [-0.15, -0.1) is 16.8 Å². The molecule has 8 heteroatoms. The topological polar surface area (TPSA) is 59.8 Å². The third-order valence-electron chi connectivity index (χ3n) is 3.05. The van der Waals surface area contributed by atoms with Crippen molar-refractivity contribution in [2.75, 3.05) is 5.32 Å². The minimum absolute atomic E-state index is 0.199. The van der Waals surface area contributed by atoms with Crippen molar-refractivity contribution in [2.45, 2.75) is 30.8 Å². The molecule has 5 nitrogen and oxygen atoms in total. The van der Waals surface area contributed by atoms with E-state index in [1.807, 2.05) is 11.5 Å². The van der Waals surface area contributed by atoms with Crippen LogP contribution in [0.3, 0.4) is 0 Å². The maximum Gasteiger partial charge on any atom is 0.237 e. The van der Waals surface area contributed by atoms with Crippen LogP contribution in [-0.2, 0) is 11.3 Å². The van der Waals surface area contributed by atoms with E-state index in [-0.39, 0.29) is 11.6 Å². The summed E-state index contributed by atoms with van der Waals surface area (Å²) >= 11 is 1.23. The predicted octanol–water partition coefficient (Wildman–Crippen LogP) is 3.17. The van der Waals surface area contributed by atoms with E-state index < -0.39 is 16.9 Å². The van der Waals surface area contributed by atoms with Crippen molar-refractivity contribution in [1.29, 1.82) is 0 Å². The number of amides is 1. The van der Waals surface area contributed by atoms with E-state index in [0.717, 1.165) is 18.0 Å². The zero-order valence-electron chi connectivity index (χ0n) is 12.7. The Labute approximate surface area is 136 Å². The molecule has 0 spiro atoms. The fourth-order valence-electron chi connectivity index (χ4n) is 1.82. The van der Waals surface area contributed by atoms with Crippen LogP contribution in [0.1, 0.15) is 12.7 Å². The van der Waals surface area contributed by atoms with E-state index in [4.69, 9.17) is 0 Å². The molecule has 1 aromatic heterocycles. The van der Waals surface area contributed by atoms with E-state index >= 15 is 0 Å². The Bertz CT molecular complexity index is 732. The average Bonchev–Trinajstić information content (AvgIpc) is 2.84. The molecule has 1 N–H and O–H groups in total. The van der Waals surface area contributed by atoms with Crippen molar-refractivity contribution in [2.24, 2.45) is 0 Å². The molecule has 0 bridgehead atoms. The molecular formula is C15H16F2N4OS.